The first kappa shape index (κ1) is 17.5. The third-order valence-corrected chi connectivity index (χ3v) is 3.65. The summed E-state index contributed by atoms with van der Waals surface area (Å²) in [5, 5.41) is 0. The molecular weight excluding hydrogens is 257 g/mol. The van der Waals surface area contributed by atoms with Crippen molar-refractivity contribution < 1.29 is 14.3 Å². The molecule has 0 aromatic heterocycles. The van der Waals surface area contributed by atoms with Gasteiger partial charge in [-0.05, 0) is 51.8 Å². The fourth-order valence-electron chi connectivity index (χ4n) is 1.82. The van der Waals surface area contributed by atoms with Gasteiger partial charge in [0.2, 0.25) is 0 Å². The van der Waals surface area contributed by atoms with Crippen molar-refractivity contribution in [3.05, 3.63) is 0 Å². The molecule has 0 aliphatic carbocycles. The smallest absolute Gasteiger partial charge is 0.321 e. The highest BCUT2D eigenvalue weighted by Crippen LogP contribution is 2.37. The van der Waals surface area contributed by atoms with E-state index in [0.717, 1.165) is 13.0 Å². The van der Waals surface area contributed by atoms with Gasteiger partial charge in [-0.1, -0.05) is 6.92 Å². The summed E-state index contributed by atoms with van der Waals surface area (Å²) < 4.78 is 4.95. The van der Waals surface area contributed by atoms with Crippen molar-refractivity contribution in [3.63, 3.8) is 0 Å². The van der Waals surface area contributed by atoms with Crippen LogP contribution in [0.2, 0.25) is 0 Å². The molecular formula is C11H26NO3PS. The zero-order valence-corrected chi connectivity index (χ0v) is 13.2. The third-order valence-electron chi connectivity index (χ3n) is 2.85. The predicted molar refractivity (Wildman–Crippen MR) is 75.4 cm³/mol. The van der Waals surface area contributed by atoms with E-state index in [1.54, 1.807) is 0 Å². The molecule has 0 saturated carbocycles. The van der Waals surface area contributed by atoms with Crippen LogP contribution in [0.25, 0.3) is 0 Å². The van der Waals surface area contributed by atoms with E-state index in [0.29, 0.717) is 18.7 Å². The maximum absolute atomic E-state index is 9.06. The highest BCUT2D eigenvalue weighted by atomic mass is 32.5. The minimum atomic E-state index is -3.51. The van der Waals surface area contributed by atoms with Crippen LogP contribution in [-0.4, -0.2) is 39.9 Å². The molecule has 0 fully saturated rings. The van der Waals surface area contributed by atoms with Gasteiger partial charge in [0.25, 0.3) is 0 Å². The second kappa shape index (κ2) is 7.82. The lowest BCUT2D eigenvalue weighted by molar-refractivity contribution is 0.114. The lowest BCUT2D eigenvalue weighted by atomic mass is 10.1. The number of nitrogens with zero attached hydrogens (tertiary/aromatic N) is 1. The van der Waals surface area contributed by atoms with E-state index in [2.05, 4.69) is 51.3 Å². The lowest BCUT2D eigenvalue weighted by Crippen LogP contribution is -2.41. The van der Waals surface area contributed by atoms with Gasteiger partial charge in [0.15, 0.2) is 0 Å². The van der Waals surface area contributed by atoms with Crippen LogP contribution < -0.4 is 0 Å². The Morgan fingerprint density at radius 3 is 1.94 bits per heavy atom. The summed E-state index contributed by atoms with van der Waals surface area (Å²) in [6.07, 6.45) is 0.936. The molecule has 0 aliphatic rings. The molecule has 0 aliphatic heterocycles. The zero-order chi connectivity index (χ0) is 13.6. The molecule has 0 amide bonds. The minimum Gasteiger partial charge on any atom is -0.325 e. The predicted octanol–water partition coefficient (Wildman–Crippen LogP) is 2.36. The van der Waals surface area contributed by atoms with Crippen LogP contribution in [0, 0.1) is 5.92 Å². The summed E-state index contributed by atoms with van der Waals surface area (Å²) in [7, 11) is 0. The van der Waals surface area contributed by atoms with E-state index < -0.39 is 6.72 Å². The van der Waals surface area contributed by atoms with Crippen LogP contribution in [0.3, 0.4) is 0 Å². The van der Waals surface area contributed by atoms with Gasteiger partial charge in [0, 0.05) is 18.6 Å². The van der Waals surface area contributed by atoms with Gasteiger partial charge >= 0.3 is 6.72 Å². The molecule has 0 spiro atoms. The first-order valence-corrected chi connectivity index (χ1v) is 8.75. The van der Waals surface area contributed by atoms with Crippen LogP contribution in [0.5, 0.6) is 0 Å². The Kier molecular flexibility index (Phi) is 8.05. The van der Waals surface area contributed by atoms with Crippen molar-refractivity contribution in [3.8, 4) is 0 Å². The second-order valence-electron chi connectivity index (χ2n) is 4.94. The Morgan fingerprint density at radius 2 is 1.65 bits per heavy atom. The molecule has 0 rings (SSSR count). The normalized spacial score (nSPS) is 14.9. The van der Waals surface area contributed by atoms with Crippen molar-refractivity contribution in [2.24, 2.45) is 5.92 Å². The minimum absolute atomic E-state index is 0.279. The van der Waals surface area contributed by atoms with Gasteiger partial charge in [-0.2, -0.15) is 0 Å². The zero-order valence-electron chi connectivity index (χ0n) is 11.5. The molecule has 0 aromatic rings. The van der Waals surface area contributed by atoms with Gasteiger partial charge in [0.05, 0.1) is 6.61 Å². The van der Waals surface area contributed by atoms with Crippen molar-refractivity contribution >= 4 is 18.5 Å². The van der Waals surface area contributed by atoms with Crippen molar-refractivity contribution in [2.45, 2.75) is 53.1 Å². The summed E-state index contributed by atoms with van der Waals surface area (Å²) in [5.74, 6) is 0.279. The molecule has 0 saturated heterocycles. The van der Waals surface area contributed by atoms with E-state index in [-0.39, 0.29) is 5.92 Å². The Hall–Kier alpha value is 0.490. The monoisotopic (exact) mass is 283 g/mol. The van der Waals surface area contributed by atoms with E-state index in [1.165, 1.54) is 0 Å². The largest absolute Gasteiger partial charge is 0.325 e. The quantitative estimate of drug-likeness (QED) is 0.670. The first-order chi connectivity index (χ1) is 7.67. The maximum Gasteiger partial charge on any atom is 0.321 e. The summed E-state index contributed by atoms with van der Waals surface area (Å²) in [6.45, 7) is 8.42. The van der Waals surface area contributed by atoms with Crippen LogP contribution in [0.1, 0.15) is 41.0 Å². The fraction of sp³-hybridized carbons (Fsp3) is 1.00. The highest BCUT2D eigenvalue weighted by molar-refractivity contribution is 8.06. The standard InChI is InChI=1S/C11H26NO3PS/c1-6-11(8-15-16(13,14)17)7-12(9(2)3)10(4)5/h9-11H,6-8H2,1-5H3,(H2,13,14,17). The number of hydrogen-bond acceptors (Lipinski definition) is 3. The molecule has 1 atom stereocenters. The highest BCUT2D eigenvalue weighted by Gasteiger charge is 2.20. The summed E-state index contributed by atoms with van der Waals surface area (Å²) in [5.41, 5.74) is 0. The van der Waals surface area contributed by atoms with E-state index in [1.807, 2.05) is 0 Å². The van der Waals surface area contributed by atoms with E-state index >= 15 is 0 Å². The molecule has 1 unspecified atom stereocenters. The summed E-state index contributed by atoms with van der Waals surface area (Å²) in [6, 6.07) is 0.936. The SMILES string of the molecule is CCC(COP(O)(O)=S)CN(C(C)C)C(C)C. The van der Waals surface area contributed by atoms with Gasteiger partial charge in [-0.15, -0.1) is 0 Å². The van der Waals surface area contributed by atoms with Crippen molar-refractivity contribution in [1.29, 1.82) is 0 Å². The summed E-state index contributed by atoms with van der Waals surface area (Å²) in [4.78, 5) is 20.5. The first-order valence-electron chi connectivity index (χ1n) is 6.13. The van der Waals surface area contributed by atoms with E-state index in [9.17, 15) is 0 Å². The lowest BCUT2D eigenvalue weighted by Gasteiger charge is -2.33. The average molecular weight is 283 g/mol. The summed E-state index contributed by atoms with van der Waals surface area (Å²) >= 11 is 4.45. The molecule has 0 aromatic carbocycles. The number of hydrogen-bond donors (Lipinski definition) is 2. The molecule has 0 radical (unpaired) electrons. The number of rotatable bonds is 8. The fourth-order valence-corrected chi connectivity index (χ4v) is 2.41. The Labute approximate surface area is 110 Å². The Balaban J connectivity index is 4.32. The molecule has 104 valence electrons. The van der Waals surface area contributed by atoms with Crippen LogP contribution in [0.4, 0.5) is 0 Å². The molecule has 4 nitrogen and oxygen atoms in total. The van der Waals surface area contributed by atoms with E-state index in [4.69, 9.17) is 14.3 Å². The average Bonchev–Trinajstić information content (AvgIpc) is 2.15. The molecule has 2 N–H and O–H groups in total. The Morgan fingerprint density at radius 1 is 1.18 bits per heavy atom. The van der Waals surface area contributed by atoms with Gasteiger partial charge in [0.1, 0.15) is 0 Å². The molecule has 17 heavy (non-hydrogen) atoms. The van der Waals surface area contributed by atoms with Crippen molar-refractivity contribution in [2.75, 3.05) is 13.2 Å². The molecule has 0 bridgehead atoms. The van der Waals surface area contributed by atoms with Crippen molar-refractivity contribution in [1.82, 2.24) is 4.90 Å². The third kappa shape index (κ3) is 8.25. The Bertz CT molecular complexity index is 247. The van der Waals surface area contributed by atoms with Crippen LogP contribution in [0.15, 0.2) is 0 Å². The molecule has 6 heteroatoms. The van der Waals surface area contributed by atoms with Gasteiger partial charge in [-0.3, -0.25) is 4.90 Å². The second-order valence-corrected chi connectivity index (χ2v) is 7.61. The van der Waals surface area contributed by atoms with Gasteiger partial charge < -0.3 is 14.3 Å². The molecule has 0 heterocycles. The van der Waals surface area contributed by atoms with Gasteiger partial charge in [-0.25, -0.2) is 0 Å². The van der Waals surface area contributed by atoms with Crippen LogP contribution >= 0.6 is 6.72 Å². The maximum atomic E-state index is 9.06. The topological polar surface area (TPSA) is 52.9 Å². The van der Waals surface area contributed by atoms with Crippen LogP contribution in [-0.2, 0) is 16.3 Å².